The van der Waals surface area contributed by atoms with Crippen LogP contribution >= 0.6 is 11.8 Å². The summed E-state index contributed by atoms with van der Waals surface area (Å²) in [7, 11) is 1.50. The van der Waals surface area contributed by atoms with Gasteiger partial charge in [0.05, 0.1) is 17.7 Å². The summed E-state index contributed by atoms with van der Waals surface area (Å²) in [6.07, 6.45) is 3.90. The van der Waals surface area contributed by atoms with Gasteiger partial charge in [-0.25, -0.2) is 4.99 Å². The van der Waals surface area contributed by atoms with Crippen molar-refractivity contribution in [1.29, 1.82) is 0 Å². The number of carbonyl (C=O) groups is 1. The molecule has 0 bridgehead atoms. The van der Waals surface area contributed by atoms with Crippen molar-refractivity contribution in [2.75, 3.05) is 25.1 Å². The summed E-state index contributed by atoms with van der Waals surface area (Å²) >= 11 is 1.32. The molecule has 0 aliphatic carbocycles. The molecule has 210 valence electrons. The van der Waals surface area contributed by atoms with Crippen LogP contribution < -0.4 is 15.0 Å². The Morgan fingerprint density at radius 1 is 0.905 bits per heavy atom. The summed E-state index contributed by atoms with van der Waals surface area (Å²) in [5.41, 5.74) is 8.23. The fourth-order valence-electron chi connectivity index (χ4n) is 6.44. The molecule has 7 rings (SSSR count). The smallest absolute Gasteiger partial charge is 0.264 e. The largest absolute Gasteiger partial charge is 0.504 e. The number of ether oxygens (including phenoxy) is 1. The Hall–Kier alpha value is -4.49. The predicted octanol–water partition coefficient (Wildman–Crippen LogP) is 7.17. The molecule has 0 unspecified atom stereocenters. The van der Waals surface area contributed by atoms with Gasteiger partial charge in [0.15, 0.2) is 16.7 Å². The van der Waals surface area contributed by atoms with Crippen LogP contribution in [0.1, 0.15) is 52.5 Å². The number of amides is 1. The number of anilines is 1. The number of phenolic OH excluding ortho intramolecular Hbond substituents is 1. The molecule has 3 aliphatic heterocycles. The molecule has 6 nitrogen and oxygen atoms in total. The Balaban J connectivity index is 1.30. The van der Waals surface area contributed by atoms with Gasteiger partial charge in [-0.05, 0) is 82.8 Å². The molecular formula is C35H31N3O3S. The van der Waals surface area contributed by atoms with E-state index in [1.807, 2.05) is 0 Å². The van der Waals surface area contributed by atoms with Gasteiger partial charge in [-0.2, -0.15) is 0 Å². The first-order valence-corrected chi connectivity index (χ1v) is 15.1. The van der Waals surface area contributed by atoms with E-state index in [9.17, 15) is 9.90 Å². The van der Waals surface area contributed by atoms with Gasteiger partial charge in [0.25, 0.3) is 5.91 Å². The number of phenols is 1. The standard InChI is InChI=1S/C35H31N3O3S/c1-41-31-18-22(12-13-30(31)39)19-32-34(40)37-35(42-32)36-25-20-28-26(23-8-4-2-5-9-23)14-16-38-17-15-27(29(21-25)33(28)38)24-10-6-3-7-11-24/h2-13,18-21,26-27,39H,14-17H2,1H3,(H,36,37,40)/b32-19-/t26-,27-/m1/s1. The lowest BCUT2D eigenvalue weighted by molar-refractivity contribution is -0.115. The minimum Gasteiger partial charge on any atom is -0.504 e. The first-order chi connectivity index (χ1) is 20.6. The summed E-state index contributed by atoms with van der Waals surface area (Å²) in [5.74, 6) is 0.802. The number of aliphatic imine (C=N–C) groups is 1. The maximum absolute atomic E-state index is 12.9. The van der Waals surface area contributed by atoms with Gasteiger partial charge in [-0.3, -0.25) is 4.79 Å². The van der Waals surface area contributed by atoms with Crippen molar-refractivity contribution in [3.05, 3.63) is 124 Å². The molecule has 2 atom stereocenters. The zero-order valence-electron chi connectivity index (χ0n) is 23.3. The van der Waals surface area contributed by atoms with Crippen molar-refractivity contribution in [2.24, 2.45) is 4.99 Å². The molecule has 7 heteroatoms. The van der Waals surface area contributed by atoms with Gasteiger partial charge < -0.3 is 20.1 Å². The summed E-state index contributed by atoms with van der Waals surface area (Å²) in [4.78, 5) is 21.0. The van der Waals surface area contributed by atoms with Gasteiger partial charge in [-0.15, -0.1) is 0 Å². The second-order valence-corrected chi connectivity index (χ2v) is 11.9. The van der Waals surface area contributed by atoms with E-state index in [0.717, 1.165) is 37.2 Å². The fraction of sp³-hybridized carbons (Fsp3) is 0.200. The summed E-state index contributed by atoms with van der Waals surface area (Å²) in [6, 6.07) is 31.0. The molecule has 2 N–H and O–H groups in total. The minimum absolute atomic E-state index is 0.0583. The van der Waals surface area contributed by atoms with Crippen LogP contribution in [0.15, 0.2) is 101 Å². The highest BCUT2D eigenvalue weighted by Gasteiger charge is 2.35. The highest BCUT2D eigenvalue weighted by molar-refractivity contribution is 8.18. The molecule has 1 fully saturated rings. The zero-order chi connectivity index (χ0) is 28.6. The fourth-order valence-corrected chi connectivity index (χ4v) is 7.28. The molecule has 4 aromatic rings. The highest BCUT2D eigenvalue weighted by atomic mass is 32.2. The van der Waals surface area contributed by atoms with Crippen LogP contribution in [0.2, 0.25) is 0 Å². The molecule has 1 amide bonds. The molecule has 0 saturated carbocycles. The Morgan fingerprint density at radius 3 is 2.12 bits per heavy atom. The first kappa shape index (κ1) is 26.4. The van der Waals surface area contributed by atoms with Crippen LogP contribution in [0.4, 0.5) is 11.4 Å². The maximum atomic E-state index is 12.9. The third kappa shape index (κ3) is 4.94. The van der Waals surface area contributed by atoms with Crippen molar-refractivity contribution in [3.63, 3.8) is 0 Å². The Labute approximate surface area is 249 Å². The summed E-state index contributed by atoms with van der Waals surface area (Å²) < 4.78 is 5.22. The van der Waals surface area contributed by atoms with Crippen molar-refractivity contribution >= 4 is 40.3 Å². The summed E-state index contributed by atoms with van der Waals surface area (Å²) in [5, 5.41) is 13.4. The molecule has 0 spiro atoms. The van der Waals surface area contributed by atoms with Gasteiger partial charge in [-0.1, -0.05) is 66.7 Å². The monoisotopic (exact) mass is 573 g/mol. The molecule has 1 saturated heterocycles. The molecule has 0 radical (unpaired) electrons. The van der Waals surface area contributed by atoms with Crippen LogP contribution in [0, 0.1) is 0 Å². The quantitative estimate of drug-likeness (QED) is 0.248. The molecule has 0 aromatic heterocycles. The van der Waals surface area contributed by atoms with E-state index in [0.29, 0.717) is 15.8 Å². The zero-order valence-corrected chi connectivity index (χ0v) is 24.1. The average Bonchev–Trinajstić information content (AvgIpc) is 3.36. The molecular weight excluding hydrogens is 542 g/mol. The van der Waals surface area contributed by atoms with Crippen molar-refractivity contribution < 1.29 is 14.6 Å². The number of hydrogen-bond donors (Lipinski definition) is 2. The van der Waals surface area contributed by atoms with Crippen LogP contribution in [0.25, 0.3) is 6.08 Å². The van der Waals surface area contributed by atoms with Crippen molar-refractivity contribution in [2.45, 2.75) is 24.7 Å². The number of hydrogen-bond acceptors (Lipinski definition) is 6. The normalized spacial score (nSPS) is 21.4. The number of nitrogens with zero attached hydrogens (tertiary/aromatic N) is 2. The Kier molecular flexibility index (Phi) is 6.96. The number of rotatable bonds is 5. The second kappa shape index (κ2) is 11.1. The SMILES string of the molecule is COc1cc(/C=C2\SC(=Nc3cc4c5c(c3)[C@@H](c3ccccc3)CCN5CC[C@@H]4c3ccccc3)NC2=O)ccc1O. The highest BCUT2D eigenvalue weighted by Crippen LogP contribution is 2.50. The molecule has 3 aliphatic rings. The van der Waals surface area contributed by atoms with Crippen molar-refractivity contribution in [1.82, 2.24) is 5.32 Å². The van der Waals surface area contributed by atoms with E-state index in [4.69, 9.17) is 9.73 Å². The topological polar surface area (TPSA) is 74.2 Å². The third-order valence-electron chi connectivity index (χ3n) is 8.38. The Bertz CT molecular complexity index is 1650. The van der Waals surface area contributed by atoms with E-state index in [1.54, 1.807) is 24.3 Å². The second-order valence-electron chi connectivity index (χ2n) is 10.9. The van der Waals surface area contributed by atoms with Crippen LogP contribution in [-0.2, 0) is 4.79 Å². The number of benzene rings is 4. The summed E-state index contributed by atoms with van der Waals surface area (Å²) in [6.45, 7) is 2.08. The third-order valence-corrected chi connectivity index (χ3v) is 9.29. The lowest BCUT2D eigenvalue weighted by Gasteiger charge is -2.43. The Morgan fingerprint density at radius 2 is 1.52 bits per heavy atom. The number of aromatic hydroxyl groups is 1. The van der Waals surface area contributed by atoms with E-state index in [-0.39, 0.29) is 23.5 Å². The van der Waals surface area contributed by atoms with Crippen LogP contribution in [0.5, 0.6) is 11.5 Å². The van der Waals surface area contributed by atoms with Gasteiger partial charge in [0.1, 0.15) is 0 Å². The van der Waals surface area contributed by atoms with Gasteiger partial charge >= 0.3 is 0 Å². The lowest BCUT2D eigenvalue weighted by atomic mass is 9.76. The molecule has 4 aromatic carbocycles. The molecule has 3 heterocycles. The van der Waals surface area contributed by atoms with Crippen LogP contribution in [0.3, 0.4) is 0 Å². The lowest BCUT2D eigenvalue weighted by Crippen LogP contribution is -2.37. The van der Waals surface area contributed by atoms with E-state index >= 15 is 0 Å². The number of thioether (sulfide) groups is 1. The number of amidine groups is 1. The van der Waals surface area contributed by atoms with Gasteiger partial charge in [0, 0.05) is 30.6 Å². The molecule has 42 heavy (non-hydrogen) atoms. The average molecular weight is 574 g/mol. The first-order valence-electron chi connectivity index (χ1n) is 14.3. The van der Waals surface area contributed by atoms with Crippen molar-refractivity contribution in [3.8, 4) is 11.5 Å². The van der Waals surface area contributed by atoms with Gasteiger partial charge in [0.2, 0.25) is 0 Å². The predicted molar refractivity (Wildman–Crippen MR) is 170 cm³/mol. The van der Waals surface area contributed by atoms with E-state index < -0.39 is 0 Å². The minimum atomic E-state index is -0.194. The van der Waals surface area contributed by atoms with E-state index in [1.165, 1.54) is 46.8 Å². The number of nitrogens with one attached hydrogen (secondary N) is 1. The number of carbonyl (C=O) groups excluding carboxylic acids is 1. The van der Waals surface area contributed by atoms with E-state index in [2.05, 4.69) is 83.0 Å². The van der Waals surface area contributed by atoms with Crippen LogP contribution in [-0.4, -0.2) is 36.4 Å². The number of methoxy groups -OCH3 is 1. The maximum Gasteiger partial charge on any atom is 0.264 e.